The van der Waals surface area contributed by atoms with Gasteiger partial charge in [0, 0.05) is 24.0 Å². The summed E-state index contributed by atoms with van der Waals surface area (Å²) in [6, 6.07) is 15.9. The number of aryl methyl sites for hydroxylation is 2. The van der Waals surface area contributed by atoms with Gasteiger partial charge in [-0.1, -0.05) is 35.9 Å². The van der Waals surface area contributed by atoms with Crippen molar-refractivity contribution in [3.63, 3.8) is 0 Å². The summed E-state index contributed by atoms with van der Waals surface area (Å²) in [7, 11) is 0. The molecule has 0 aliphatic heterocycles. The van der Waals surface area contributed by atoms with Gasteiger partial charge in [0.1, 0.15) is 11.6 Å². The monoisotopic (exact) mass is 363 g/mol. The molecule has 0 unspecified atom stereocenters. The second-order valence-electron chi connectivity index (χ2n) is 6.47. The van der Waals surface area contributed by atoms with Crippen molar-refractivity contribution in [3.05, 3.63) is 88.9 Å². The normalized spacial score (nSPS) is 10.5. The maximum Gasteiger partial charge on any atom is 0.255 e. The predicted molar refractivity (Wildman–Crippen MR) is 107 cm³/mol. The van der Waals surface area contributed by atoms with Crippen LogP contribution in [-0.2, 0) is 6.42 Å². The highest BCUT2D eigenvalue weighted by Gasteiger charge is 2.09. The smallest absolute Gasteiger partial charge is 0.255 e. The lowest BCUT2D eigenvalue weighted by Gasteiger charge is -2.11. The molecule has 0 saturated carbocycles. The molecule has 0 bridgehead atoms. The number of carbonyl (C=O) groups excluding carboxylic acids is 1. The molecule has 3 aromatic rings. The fourth-order valence-corrected chi connectivity index (χ4v) is 2.84. The van der Waals surface area contributed by atoms with Crippen molar-refractivity contribution in [2.45, 2.75) is 20.3 Å². The van der Waals surface area contributed by atoms with Crippen LogP contribution in [0.5, 0.6) is 0 Å². The number of anilines is 2. The molecule has 0 atom stereocenters. The minimum absolute atomic E-state index is 0.193. The minimum atomic E-state index is -0.214. The van der Waals surface area contributed by atoms with Crippen molar-refractivity contribution in [1.82, 2.24) is 4.98 Å². The quantitative estimate of drug-likeness (QED) is 0.665. The summed E-state index contributed by atoms with van der Waals surface area (Å²) in [6.07, 6.45) is 2.12. The van der Waals surface area contributed by atoms with Gasteiger partial charge in [-0.3, -0.25) is 4.79 Å². The zero-order chi connectivity index (χ0) is 19.2. The van der Waals surface area contributed by atoms with Crippen LogP contribution in [0.15, 0.2) is 60.8 Å². The zero-order valence-electron chi connectivity index (χ0n) is 15.4. The molecule has 1 aromatic heterocycles. The Kier molecular flexibility index (Phi) is 5.81. The van der Waals surface area contributed by atoms with E-state index in [1.165, 1.54) is 6.07 Å². The van der Waals surface area contributed by atoms with Crippen molar-refractivity contribution in [3.8, 4) is 0 Å². The topological polar surface area (TPSA) is 54.0 Å². The van der Waals surface area contributed by atoms with E-state index in [-0.39, 0.29) is 11.7 Å². The molecule has 1 heterocycles. The molecule has 27 heavy (non-hydrogen) atoms. The van der Waals surface area contributed by atoms with E-state index < -0.39 is 0 Å². The van der Waals surface area contributed by atoms with Crippen molar-refractivity contribution in [2.75, 3.05) is 17.2 Å². The summed E-state index contributed by atoms with van der Waals surface area (Å²) in [5.74, 6) is 0.176. The molecule has 138 valence electrons. The third kappa shape index (κ3) is 4.91. The Morgan fingerprint density at radius 1 is 1.07 bits per heavy atom. The molecule has 2 aromatic carbocycles. The third-order valence-corrected chi connectivity index (χ3v) is 4.31. The summed E-state index contributed by atoms with van der Waals surface area (Å²) >= 11 is 0. The first-order valence-corrected chi connectivity index (χ1v) is 8.85. The first-order chi connectivity index (χ1) is 13.0. The van der Waals surface area contributed by atoms with Gasteiger partial charge in [-0.15, -0.1) is 0 Å². The average Bonchev–Trinajstić information content (AvgIpc) is 2.66. The molecule has 0 saturated heterocycles. The molecule has 1 amide bonds. The number of hydrogen-bond acceptors (Lipinski definition) is 3. The Morgan fingerprint density at radius 2 is 1.89 bits per heavy atom. The Bertz CT molecular complexity index is 956. The molecule has 0 radical (unpaired) electrons. The van der Waals surface area contributed by atoms with Crippen LogP contribution < -0.4 is 10.6 Å². The van der Waals surface area contributed by atoms with Gasteiger partial charge in [0.25, 0.3) is 5.91 Å². The van der Waals surface area contributed by atoms with E-state index >= 15 is 0 Å². The Hall–Kier alpha value is -3.21. The predicted octanol–water partition coefficient (Wildman–Crippen LogP) is 4.74. The van der Waals surface area contributed by atoms with Crippen LogP contribution in [0.2, 0.25) is 0 Å². The molecular formula is C22H22FN3O. The summed E-state index contributed by atoms with van der Waals surface area (Å²) < 4.78 is 13.7. The number of carbonyl (C=O) groups is 1. The molecule has 0 spiro atoms. The van der Waals surface area contributed by atoms with Crippen LogP contribution in [0.4, 0.5) is 15.9 Å². The number of aromatic nitrogens is 1. The number of pyridine rings is 1. The van der Waals surface area contributed by atoms with Gasteiger partial charge in [0.05, 0.1) is 0 Å². The lowest BCUT2D eigenvalue weighted by atomic mass is 10.1. The molecule has 2 N–H and O–H groups in total. The van der Waals surface area contributed by atoms with E-state index in [1.54, 1.807) is 30.5 Å². The summed E-state index contributed by atoms with van der Waals surface area (Å²) in [5.41, 5.74) is 4.11. The zero-order valence-corrected chi connectivity index (χ0v) is 15.4. The summed E-state index contributed by atoms with van der Waals surface area (Å²) in [6.45, 7) is 4.50. The van der Waals surface area contributed by atoms with Gasteiger partial charge in [-0.05, 0) is 55.7 Å². The van der Waals surface area contributed by atoms with E-state index in [9.17, 15) is 9.18 Å². The SMILES string of the molecule is Cc1ccc(NC(=O)c2ccnc(NCCc3ccccc3F)c2)c(C)c1. The highest BCUT2D eigenvalue weighted by Crippen LogP contribution is 2.18. The first-order valence-electron chi connectivity index (χ1n) is 8.85. The highest BCUT2D eigenvalue weighted by atomic mass is 19.1. The standard InChI is InChI=1S/C22H22FN3O/c1-15-7-8-20(16(2)13-15)26-22(27)18-10-12-25-21(14-18)24-11-9-17-5-3-4-6-19(17)23/h3-8,10,12-14H,9,11H2,1-2H3,(H,24,25)(H,26,27). The van der Waals surface area contributed by atoms with E-state index in [4.69, 9.17) is 0 Å². The van der Waals surface area contributed by atoms with Gasteiger partial charge in [0.2, 0.25) is 0 Å². The number of rotatable bonds is 6. The van der Waals surface area contributed by atoms with Crippen molar-refractivity contribution in [1.29, 1.82) is 0 Å². The van der Waals surface area contributed by atoms with Gasteiger partial charge < -0.3 is 10.6 Å². The number of hydrogen-bond donors (Lipinski definition) is 2. The molecule has 0 aliphatic carbocycles. The molecule has 0 fully saturated rings. The van der Waals surface area contributed by atoms with Gasteiger partial charge in [-0.25, -0.2) is 9.37 Å². The maximum absolute atomic E-state index is 13.7. The molecular weight excluding hydrogens is 341 g/mol. The average molecular weight is 363 g/mol. The Labute approximate surface area is 158 Å². The largest absolute Gasteiger partial charge is 0.370 e. The second-order valence-corrected chi connectivity index (χ2v) is 6.47. The van der Waals surface area contributed by atoms with Gasteiger partial charge >= 0.3 is 0 Å². The van der Waals surface area contributed by atoms with Crippen LogP contribution in [0.3, 0.4) is 0 Å². The molecule has 0 aliphatic rings. The molecule has 4 nitrogen and oxygen atoms in total. The van der Waals surface area contributed by atoms with Crippen molar-refractivity contribution >= 4 is 17.4 Å². The van der Waals surface area contributed by atoms with Gasteiger partial charge in [-0.2, -0.15) is 0 Å². The van der Waals surface area contributed by atoms with E-state index in [0.29, 0.717) is 29.9 Å². The molecule has 5 heteroatoms. The minimum Gasteiger partial charge on any atom is -0.370 e. The number of halogens is 1. The highest BCUT2D eigenvalue weighted by molar-refractivity contribution is 6.05. The number of nitrogens with zero attached hydrogens (tertiary/aromatic N) is 1. The third-order valence-electron chi connectivity index (χ3n) is 4.31. The van der Waals surface area contributed by atoms with Crippen molar-refractivity contribution < 1.29 is 9.18 Å². The Morgan fingerprint density at radius 3 is 2.67 bits per heavy atom. The van der Waals surface area contributed by atoms with Crippen LogP contribution in [-0.4, -0.2) is 17.4 Å². The fraction of sp³-hybridized carbons (Fsp3) is 0.182. The van der Waals surface area contributed by atoms with Gasteiger partial charge in [0.15, 0.2) is 0 Å². The van der Waals surface area contributed by atoms with Crippen molar-refractivity contribution in [2.24, 2.45) is 0 Å². The van der Waals surface area contributed by atoms with E-state index in [1.807, 2.05) is 38.1 Å². The Balaban J connectivity index is 1.62. The van der Waals surface area contributed by atoms with Crippen LogP contribution in [0.1, 0.15) is 27.0 Å². The number of benzene rings is 2. The number of nitrogens with one attached hydrogen (secondary N) is 2. The molecule has 3 rings (SSSR count). The van der Waals surface area contributed by atoms with Crippen LogP contribution in [0.25, 0.3) is 0 Å². The van der Waals surface area contributed by atoms with E-state index in [0.717, 1.165) is 16.8 Å². The van der Waals surface area contributed by atoms with Crippen LogP contribution >= 0.6 is 0 Å². The number of amides is 1. The second kappa shape index (κ2) is 8.45. The van der Waals surface area contributed by atoms with E-state index in [2.05, 4.69) is 15.6 Å². The summed E-state index contributed by atoms with van der Waals surface area (Å²) in [4.78, 5) is 16.8. The van der Waals surface area contributed by atoms with Crippen LogP contribution in [0, 0.1) is 19.7 Å². The maximum atomic E-state index is 13.7. The first kappa shape index (κ1) is 18.6. The lowest BCUT2D eigenvalue weighted by molar-refractivity contribution is 0.102. The summed E-state index contributed by atoms with van der Waals surface area (Å²) in [5, 5.41) is 6.07. The lowest BCUT2D eigenvalue weighted by Crippen LogP contribution is -2.14. The fourth-order valence-electron chi connectivity index (χ4n) is 2.84.